The van der Waals surface area contributed by atoms with Crippen LogP contribution in [0.4, 0.5) is 17.1 Å². The van der Waals surface area contributed by atoms with Crippen molar-refractivity contribution in [3.05, 3.63) is 191 Å². The van der Waals surface area contributed by atoms with Gasteiger partial charge in [0.15, 0.2) is 0 Å². The lowest BCUT2D eigenvalue weighted by atomic mass is 9.87. The number of hydrogen-bond donors (Lipinski definition) is 4. The van der Waals surface area contributed by atoms with E-state index in [4.69, 9.17) is 0 Å². The lowest BCUT2D eigenvalue weighted by Gasteiger charge is -2.19. The van der Waals surface area contributed by atoms with Crippen molar-refractivity contribution in [2.45, 2.75) is 62.2 Å². The molecule has 9 aromatic rings. The average molecular weight is 1010 g/mol. The van der Waals surface area contributed by atoms with E-state index >= 15 is 0 Å². The Labute approximate surface area is 416 Å². The highest BCUT2D eigenvalue weighted by Crippen LogP contribution is 2.42. The number of carbonyl (C=O) groups is 2. The fourth-order valence-corrected chi connectivity index (χ4v) is 12.0. The van der Waals surface area contributed by atoms with E-state index in [9.17, 15) is 31.5 Å². The molecular formula is C55H50N4O7S4. The van der Waals surface area contributed by atoms with E-state index in [0.29, 0.717) is 32.9 Å². The molecule has 4 N–H and O–H groups in total. The van der Waals surface area contributed by atoms with Gasteiger partial charge in [-0.25, -0.2) is 21.6 Å². The molecule has 356 valence electrons. The highest BCUT2D eigenvalue weighted by atomic mass is 32.2. The van der Waals surface area contributed by atoms with Crippen molar-refractivity contribution < 1.29 is 31.5 Å². The number of sulfonamides is 2. The first-order valence-electron chi connectivity index (χ1n) is 22.1. The summed E-state index contributed by atoms with van der Waals surface area (Å²) in [5.74, 6) is -1.25. The Balaban J connectivity index is 0.000000191. The summed E-state index contributed by atoms with van der Waals surface area (Å²) < 4.78 is 59.3. The maximum absolute atomic E-state index is 13.3. The van der Waals surface area contributed by atoms with Crippen LogP contribution in [0.2, 0.25) is 0 Å². The molecule has 3 heterocycles. The van der Waals surface area contributed by atoms with Gasteiger partial charge in [-0.1, -0.05) is 126 Å². The maximum atomic E-state index is 13.3. The first-order chi connectivity index (χ1) is 33.2. The van der Waals surface area contributed by atoms with Gasteiger partial charge in [0.1, 0.15) is 9.75 Å². The number of hydrogen-bond acceptors (Lipinski definition) is 9. The number of thiophene rings is 2. The van der Waals surface area contributed by atoms with Crippen LogP contribution >= 0.6 is 22.7 Å². The number of aromatic carboxylic acids is 1. The van der Waals surface area contributed by atoms with E-state index in [0.717, 1.165) is 42.6 Å². The Morgan fingerprint density at radius 3 is 1.30 bits per heavy atom. The van der Waals surface area contributed by atoms with Crippen molar-refractivity contribution in [2.75, 3.05) is 14.8 Å². The van der Waals surface area contributed by atoms with Gasteiger partial charge in [-0.05, 0) is 106 Å². The number of amides is 1. The second-order valence-electron chi connectivity index (χ2n) is 18.5. The van der Waals surface area contributed by atoms with Crippen LogP contribution in [-0.2, 0) is 30.9 Å². The smallest absolute Gasteiger partial charge is 0.346 e. The van der Waals surface area contributed by atoms with Gasteiger partial charge in [0.2, 0.25) is 0 Å². The van der Waals surface area contributed by atoms with Crippen LogP contribution in [-0.4, -0.2) is 38.8 Å². The molecule has 0 saturated heterocycles. The third-order valence-electron chi connectivity index (χ3n) is 11.4. The number of aromatic nitrogens is 1. The summed E-state index contributed by atoms with van der Waals surface area (Å²) >= 11 is 2.55. The van der Waals surface area contributed by atoms with Crippen LogP contribution < -0.4 is 14.8 Å². The lowest BCUT2D eigenvalue weighted by molar-refractivity contribution is 0.0702. The number of fused-ring (bicyclic) bond motifs is 2. The van der Waals surface area contributed by atoms with Gasteiger partial charge in [-0.2, -0.15) is 0 Å². The molecule has 0 radical (unpaired) electrons. The first kappa shape index (κ1) is 49.3. The molecule has 11 nitrogen and oxygen atoms in total. The molecule has 0 unspecified atom stereocenters. The van der Waals surface area contributed by atoms with E-state index in [2.05, 4.69) is 61.3 Å². The van der Waals surface area contributed by atoms with Crippen LogP contribution in [0.1, 0.15) is 72.0 Å². The second kappa shape index (κ2) is 19.7. The molecule has 6 aromatic carbocycles. The summed E-state index contributed by atoms with van der Waals surface area (Å²) in [6, 6.07) is 46.6. The fraction of sp³-hybridized carbons (Fsp3) is 0.145. The summed E-state index contributed by atoms with van der Waals surface area (Å²) in [5.41, 5.74) is 6.40. The molecule has 0 bridgehead atoms. The van der Waals surface area contributed by atoms with Crippen LogP contribution in [0.15, 0.2) is 180 Å². The Bertz CT molecular complexity index is 3580. The third-order valence-corrected chi connectivity index (χ3v) is 16.5. The van der Waals surface area contributed by atoms with E-state index in [1.54, 1.807) is 79.1 Å². The van der Waals surface area contributed by atoms with E-state index in [-0.39, 0.29) is 31.4 Å². The van der Waals surface area contributed by atoms with Gasteiger partial charge in [-0.15, -0.1) is 22.7 Å². The predicted molar refractivity (Wildman–Crippen MR) is 286 cm³/mol. The predicted octanol–water partition coefficient (Wildman–Crippen LogP) is 13.7. The molecular weight excluding hydrogens is 957 g/mol. The van der Waals surface area contributed by atoms with Crippen molar-refractivity contribution in [3.8, 4) is 22.3 Å². The number of rotatable bonds is 11. The number of carbonyl (C=O) groups excluding carboxylic acids is 1. The minimum atomic E-state index is -3.80. The molecule has 0 aliphatic carbocycles. The molecule has 0 saturated carbocycles. The first-order valence-corrected chi connectivity index (χ1v) is 26.7. The van der Waals surface area contributed by atoms with Gasteiger partial charge in [0.25, 0.3) is 26.0 Å². The van der Waals surface area contributed by atoms with E-state index in [1.165, 1.54) is 22.7 Å². The Morgan fingerprint density at radius 1 is 0.500 bits per heavy atom. The number of benzene rings is 6. The van der Waals surface area contributed by atoms with Crippen molar-refractivity contribution >= 4 is 91.8 Å². The van der Waals surface area contributed by atoms with Gasteiger partial charge >= 0.3 is 5.97 Å². The van der Waals surface area contributed by atoms with E-state index in [1.807, 2.05) is 91.0 Å². The van der Waals surface area contributed by atoms with Gasteiger partial charge in [0.05, 0.1) is 9.79 Å². The van der Waals surface area contributed by atoms with Crippen LogP contribution in [0.5, 0.6) is 0 Å². The maximum Gasteiger partial charge on any atom is 0.346 e. The van der Waals surface area contributed by atoms with Crippen LogP contribution in [0, 0.1) is 0 Å². The average Bonchev–Trinajstić information content (AvgIpc) is 3.91. The molecule has 0 atom stereocenters. The highest BCUT2D eigenvalue weighted by molar-refractivity contribution is 7.93. The summed E-state index contributed by atoms with van der Waals surface area (Å²) in [6.07, 6.45) is 3.24. The van der Waals surface area contributed by atoms with Crippen molar-refractivity contribution in [1.29, 1.82) is 0 Å². The summed E-state index contributed by atoms with van der Waals surface area (Å²) in [6.45, 7) is 12.5. The Morgan fingerprint density at radius 2 is 0.900 bits per heavy atom. The molecule has 1 amide bonds. The largest absolute Gasteiger partial charge is 0.477 e. The number of anilines is 3. The zero-order chi connectivity index (χ0) is 50.0. The number of carboxylic acid groups (broad SMARTS) is 1. The zero-order valence-corrected chi connectivity index (χ0v) is 42.4. The normalized spacial score (nSPS) is 12.0. The monoisotopic (exact) mass is 1010 g/mol. The third kappa shape index (κ3) is 11.0. The van der Waals surface area contributed by atoms with Gasteiger partial charge in [0, 0.05) is 60.8 Å². The number of nitrogens with one attached hydrogen (secondary N) is 3. The summed E-state index contributed by atoms with van der Waals surface area (Å²) in [4.78, 5) is 30.3. The van der Waals surface area contributed by atoms with Crippen molar-refractivity contribution in [2.24, 2.45) is 0 Å². The van der Waals surface area contributed by atoms with Crippen molar-refractivity contribution in [1.82, 2.24) is 4.98 Å². The van der Waals surface area contributed by atoms with Gasteiger partial charge < -0.3 is 10.4 Å². The molecule has 3 aromatic heterocycles. The molecule has 70 heavy (non-hydrogen) atoms. The van der Waals surface area contributed by atoms with Gasteiger partial charge in [-0.3, -0.25) is 19.2 Å². The number of carboxylic acids is 1. The molecule has 15 heteroatoms. The molecule has 0 aliphatic heterocycles. The summed E-state index contributed by atoms with van der Waals surface area (Å²) in [7, 11) is -7.60. The molecule has 0 spiro atoms. The Hall–Kier alpha value is -7.17. The lowest BCUT2D eigenvalue weighted by Crippen LogP contribution is -2.14. The SMILES string of the molecule is CC(C)(C)c1ccc(S(=O)(=O)Nc2ccc3sc(C(=O)Nc4ccncc4)c(-c4ccccc4)c3c2)cc1.CC(C)(C)c1ccc(S(=O)(=O)Nc2ccc3sc(C(=O)O)c(-c4ccccc4)c3c2)cc1. The zero-order valence-electron chi connectivity index (χ0n) is 39.1. The quantitative estimate of drug-likeness (QED) is 0.0991. The summed E-state index contributed by atoms with van der Waals surface area (Å²) in [5, 5.41) is 14.1. The number of pyridine rings is 1. The topological polar surface area (TPSA) is 172 Å². The van der Waals surface area contributed by atoms with Crippen LogP contribution in [0.25, 0.3) is 42.4 Å². The second-order valence-corrected chi connectivity index (χ2v) is 24.0. The fourth-order valence-electron chi connectivity index (χ4n) is 7.74. The molecule has 0 aliphatic rings. The number of nitrogens with zero attached hydrogens (tertiary/aromatic N) is 1. The standard InChI is InChI=1S/C30H27N3O3S2.C25H23NO4S2/c1-30(2,3)21-9-12-24(13-10-21)38(35,36)33-23-11-14-26-25(19-23)27(20-7-5-4-6-8-20)28(37-26)29(34)32-22-15-17-31-18-16-22;1-25(2,3)17-9-12-19(13-10-17)32(29,30)26-18-11-14-21-20(15-18)22(23(31-21)24(27)28)16-7-5-4-6-8-16/h4-19,33H,1-3H3,(H,31,32,34);4-15,26H,1-3H3,(H,27,28). The molecule has 0 fully saturated rings. The minimum absolute atomic E-state index is 0.0740. The Kier molecular flexibility index (Phi) is 13.8. The highest BCUT2D eigenvalue weighted by Gasteiger charge is 2.24. The minimum Gasteiger partial charge on any atom is -0.477 e. The van der Waals surface area contributed by atoms with Crippen LogP contribution in [0.3, 0.4) is 0 Å². The van der Waals surface area contributed by atoms with E-state index < -0.39 is 26.0 Å². The van der Waals surface area contributed by atoms with Crippen molar-refractivity contribution in [3.63, 3.8) is 0 Å². The molecule has 9 rings (SSSR count).